The molecule has 0 heterocycles. The highest BCUT2D eigenvalue weighted by Crippen LogP contribution is 2.18. The average molecular weight is 287 g/mol. The van der Waals surface area contributed by atoms with Gasteiger partial charge < -0.3 is 10.1 Å². The van der Waals surface area contributed by atoms with Gasteiger partial charge in [-0.2, -0.15) is 0 Å². The largest absolute Gasteiger partial charge is 0.481 e. The van der Waals surface area contributed by atoms with E-state index in [0.29, 0.717) is 17.0 Å². The van der Waals surface area contributed by atoms with Gasteiger partial charge in [-0.1, -0.05) is 12.1 Å². The Hall–Kier alpha value is -2.36. The number of ether oxygens (including phenoxy) is 1. The molecule has 0 unspecified atom stereocenters. The van der Waals surface area contributed by atoms with Crippen LogP contribution in [0.25, 0.3) is 0 Å². The minimum atomic E-state index is -0.642. The van der Waals surface area contributed by atoms with Crippen molar-refractivity contribution < 1.29 is 13.9 Å². The van der Waals surface area contributed by atoms with Gasteiger partial charge >= 0.3 is 0 Å². The molecule has 110 valence electrons. The van der Waals surface area contributed by atoms with Crippen LogP contribution in [-0.4, -0.2) is 12.0 Å². The van der Waals surface area contributed by atoms with E-state index in [9.17, 15) is 9.18 Å². The van der Waals surface area contributed by atoms with Crippen molar-refractivity contribution in [3.63, 3.8) is 0 Å². The Morgan fingerprint density at radius 2 is 1.95 bits per heavy atom. The third-order valence-corrected chi connectivity index (χ3v) is 3.12. The van der Waals surface area contributed by atoms with Gasteiger partial charge in [-0.3, -0.25) is 4.79 Å². The van der Waals surface area contributed by atoms with Crippen molar-refractivity contribution in [3.8, 4) is 5.75 Å². The second kappa shape index (κ2) is 6.39. The zero-order valence-corrected chi connectivity index (χ0v) is 12.3. The van der Waals surface area contributed by atoms with E-state index < -0.39 is 6.10 Å². The van der Waals surface area contributed by atoms with Gasteiger partial charge in [0, 0.05) is 5.69 Å². The van der Waals surface area contributed by atoms with Crippen molar-refractivity contribution >= 4 is 11.6 Å². The van der Waals surface area contributed by atoms with E-state index >= 15 is 0 Å². The lowest BCUT2D eigenvalue weighted by molar-refractivity contribution is -0.122. The Morgan fingerprint density at radius 3 is 2.62 bits per heavy atom. The molecule has 0 spiro atoms. The number of halogens is 1. The molecule has 1 atom stereocenters. The zero-order chi connectivity index (χ0) is 15.4. The van der Waals surface area contributed by atoms with E-state index in [-0.39, 0.29) is 11.7 Å². The fourth-order valence-electron chi connectivity index (χ4n) is 1.95. The number of amides is 1. The molecule has 0 aliphatic carbocycles. The van der Waals surface area contributed by atoms with Crippen LogP contribution in [-0.2, 0) is 4.79 Å². The van der Waals surface area contributed by atoms with Crippen molar-refractivity contribution in [1.29, 1.82) is 0 Å². The Morgan fingerprint density at radius 1 is 1.19 bits per heavy atom. The third kappa shape index (κ3) is 4.05. The number of carbonyl (C=O) groups excluding carboxylic acids is 1. The predicted molar refractivity (Wildman–Crippen MR) is 81.0 cm³/mol. The Balaban J connectivity index is 2.02. The van der Waals surface area contributed by atoms with Gasteiger partial charge in [-0.05, 0) is 62.2 Å². The summed E-state index contributed by atoms with van der Waals surface area (Å²) in [6, 6.07) is 11.7. The van der Waals surface area contributed by atoms with E-state index in [1.807, 2.05) is 25.1 Å². The third-order valence-electron chi connectivity index (χ3n) is 3.12. The van der Waals surface area contributed by atoms with E-state index in [2.05, 4.69) is 5.32 Å². The summed E-state index contributed by atoms with van der Waals surface area (Å²) in [5.74, 6) is 0.0502. The number of nitrogens with one attached hydrogen (secondary N) is 1. The summed E-state index contributed by atoms with van der Waals surface area (Å²) in [4.78, 5) is 12.1. The van der Waals surface area contributed by atoms with E-state index in [1.165, 1.54) is 12.1 Å². The molecule has 1 N–H and O–H groups in total. The molecule has 4 heteroatoms. The topological polar surface area (TPSA) is 38.3 Å². The number of hydrogen-bond donors (Lipinski definition) is 1. The minimum Gasteiger partial charge on any atom is -0.481 e. The summed E-state index contributed by atoms with van der Waals surface area (Å²) in [5, 5.41) is 2.74. The Kier molecular flexibility index (Phi) is 4.58. The first kappa shape index (κ1) is 15.0. The molecule has 0 saturated heterocycles. The summed E-state index contributed by atoms with van der Waals surface area (Å²) < 4.78 is 18.6. The van der Waals surface area contributed by atoms with Crippen LogP contribution < -0.4 is 10.1 Å². The Bertz CT molecular complexity index is 655. The van der Waals surface area contributed by atoms with Crippen LogP contribution in [0.5, 0.6) is 5.75 Å². The van der Waals surface area contributed by atoms with Crippen LogP contribution in [0.1, 0.15) is 18.1 Å². The lowest BCUT2D eigenvalue weighted by Gasteiger charge is -2.16. The van der Waals surface area contributed by atoms with E-state index in [0.717, 1.165) is 5.56 Å². The van der Waals surface area contributed by atoms with Gasteiger partial charge in [0.1, 0.15) is 11.6 Å². The maximum atomic E-state index is 13.0. The number of carbonyl (C=O) groups is 1. The van der Waals surface area contributed by atoms with Crippen LogP contribution in [0, 0.1) is 19.7 Å². The SMILES string of the molecule is Cc1cccc(O[C@H](C)C(=O)Nc2ccc(F)cc2C)c1. The average Bonchev–Trinajstić information content (AvgIpc) is 2.41. The second-order valence-corrected chi connectivity index (χ2v) is 5.03. The molecule has 0 saturated carbocycles. The van der Waals surface area contributed by atoms with Crippen LogP contribution >= 0.6 is 0 Å². The smallest absolute Gasteiger partial charge is 0.265 e. The van der Waals surface area contributed by atoms with Crippen molar-refractivity contribution in [2.75, 3.05) is 5.32 Å². The van der Waals surface area contributed by atoms with Gasteiger partial charge in [0.25, 0.3) is 5.91 Å². The molecule has 21 heavy (non-hydrogen) atoms. The van der Waals surface area contributed by atoms with Gasteiger partial charge in [-0.15, -0.1) is 0 Å². The molecule has 0 aromatic heterocycles. The molecule has 0 fully saturated rings. The molecule has 2 aromatic rings. The predicted octanol–water partition coefficient (Wildman–Crippen LogP) is 3.85. The van der Waals surface area contributed by atoms with Crippen molar-refractivity contribution in [1.82, 2.24) is 0 Å². The highest BCUT2D eigenvalue weighted by Gasteiger charge is 2.15. The first-order chi connectivity index (χ1) is 9.95. The monoisotopic (exact) mass is 287 g/mol. The van der Waals surface area contributed by atoms with Crippen LogP contribution in [0.2, 0.25) is 0 Å². The molecule has 2 aromatic carbocycles. The van der Waals surface area contributed by atoms with Gasteiger partial charge in [0.05, 0.1) is 0 Å². The van der Waals surface area contributed by atoms with Crippen molar-refractivity contribution in [2.45, 2.75) is 26.9 Å². The molecule has 3 nitrogen and oxygen atoms in total. The standard InChI is InChI=1S/C17H18FNO2/c1-11-5-4-6-15(9-11)21-13(3)17(20)19-16-8-7-14(18)10-12(16)2/h4-10,13H,1-3H3,(H,19,20)/t13-/m1/s1. The molecule has 2 rings (SSSR count). The molecule has 0 aliphatic rings. The van der Waals surface area contributed by atoms with Gasteiger partial charge in [0.15, 0.2) is 6.10 Å². The normalized spacial score (nSPS) is 11.8. The number of rotatable bonds is 4. The van der Waals surface area contributed by atoms with Crippen molar-refractivity contribution in [2.24, 2.45) is 0 Å². The molecule has 0 bridgehead atoms. The highest BCUT2D eigenvalue weighted by molar-refractivity contribution is 5.94. The second-order valence-electron chi connectivity index (χ2n) is 5.03. The summed E-state index contributed by atoms with van der Waals surface area (Å²) in [5.41, 5.74) is 2.32. The van der Waals surface area contributed by atoms with Crippen molar-refractivity contribution in [3.05, 3.63) is 59.4 Å². The van der Waals surface area contributed by atoms with E-state index in [4.69, 9.17) is 4.74 Å². The molecule has 0 aliphatic heterocycles. The number of aryl methyl sites for hydroxylation is 2. The molecule has 0 radical (unpaired) electrons. The van der Waals surface area contributed by atoms with Crippen LogP contribution in [0.3, 0.4) is 0 Å². The lowest BCUT2D eigenvalue weighted by Crippen LogP contribution is -2.30. The molecule has 1 amide bonds. The summed E-state index contributed by atoms with van der Waals surface area (Å²) in [6.45, 7) is 5.38. The number of hydrogen-bond acceptors (Lipinski definition) is 2. The molecular formula is C17H18FNO2. The fourth-order valence-corrected chi connectivity index (χ4v) is 1.95. The maximum absolute atomic E-state index is 13.0. The number of benzene rings is 2. The number of anilines is 1. The van der Waals surface area contributed by atoms with Crippen LogP contribution in [0.4, 0.5) is 10.1 Å². The quantitative estimate of drug-likeness (QED) is 0.927. The lowest BCUT2D eigenvalue weighted by atomic mass is 10.2. The van der Waals surface area contributed by atoms with Gasteiger partial charge in [-0.25, -0.2) is 4.39 Å². The maximum Gasteiger partial charge on any atom is 0.265 e. The Labute approximate surface area is 123 Å². The fraction of sp³-hybridized carbons (Fsp3) is 0.235. The summed E-state index contributed by atoms with van der Waals surface area (Å²) in [7, 11) is 0. The van der Waals surface area contributed by atoms with E-state index in [1.54, 1.807) is 26.0 Å². The minimum absolute atomic E-state index is 0.272. The van der Waals surface area contributed by atoms with Gasteiger partial charge in [0.2, 0.25) is 0 Å². The summed E-state index contributed by atoms with van der Waals surface area (Å²) in [6.07, 6.45) is -0.642. The van der Waals surface area contributed by atoms with Crippen LogP contribution in [0.15, 0.2) is 42.5 Å². The first-order valence-electron chi connectivity index (χ1n) is 6.76. The zero-order valence-electron chi connectivity index (χ0n) is 12.3. The summed E-state index contributed by atoms with van der Waals surface area (Å²) >= 11 is 0. The highest BCUT2D eigenvalue weighted by atomic mass is 19.1. The molecular weight excluding hydrogens is 269 g/mol. The first-order valence-corrected chi connectivity index (χ1v) is 6.76.